The molecule has 31 heavy (non-hydrogen) atoms. The van der Waals surface area contributed by atoms with Gasteiger partial charge in [-0.3, -0.25) is 14.9 Å². The van der Waals surface area contributed by atoms with Gasteiger partial charge in [-0.1, -0.05) is 23.7 Å². The number of nitrogens with zero attached hydrogens (tertiary/aromatic N) is 2. The number of anilines is 1. The normalized spacial score (nSPS) is 10.9. The van der Waals surface area contributed by atoms with E-state index in [0.717, 1.165) is 0 Å². The highest BCUT2D eigenvalue weighted by Gasteiger charge is 2.18. The lowest BCUT2D eigenvalue weighted by Gasteiger charge is -2.05. The minimum absolute atomic E-state index is 0.0886. The molecule has 160 valence electrons. The van der Waals surface area contributed by atoms with Crippen LogP contribution in [0, 0.1) is 10.1 Å². The van der Waals surface area contributed by atoms with Crippen LogP contribution in [0.15, 0.2) is 47.6 Å². The smallest absolute Gasteiger partial charge is 0.355 e. The van der Waals surface area contributed by atoms with Gasteiger partial charge in [-0.25, -0.2) is 10.2 Å². The number of carbonyl (C=O) groups is 2. The molecule has 1 aromatic heterocycles. The Kier molecular flexibility index (Phi) is 6.83. The van der Waals surface area contributed by atoms with Gasteiger partial charge in [-0.15, -0.1) is 0 Å². The first-order chi connectivity index (χ1) is 14.9. The van der Waals surface area contributed by atoms with Crippen LogP contribution in [0.3, 0.4) is 0 Å². The Morgan fingerprint density at radius 3 is 2.84 bits per heavy atom. The number of H-pyrrole nitrogens is 1. The Morgan fingerprint density at radius 1 is 1.29 bits per heavy atom. The van der Waals surface area contributed by atoms with Crippen molar-refractivity contribution in [2.75, 3.05) is 18.5 Å². The molecule has 3 aromatic rings. The summed E-state index contributed by atoms with van der Waals surface area (Å²) in [5.41, 5.74) is 3.93. The first-order valence-corrected chi connectivity index (χ1v) is 9.55. The number of non-ortho nitro benzene ring substituents is 1. The number of fused-ring (bicyclic) bond motifs is 1. The molecule has 0 aliphatic rings. The van der Waals surface area contributed by atoms with Gasteiger partial charge in [0.25, 0.3) is 11.6 Å². The summed E-state index contributed by atoms with van der Waals surface area (Å²) in [4.78, 5) is 37.6. The predicted octanol–water partition coefficient (Wildman–Crippen LogP) is 3.47. The lowest BCUT2D eigenvalue weighted by molar-refractivity contribution is -0.384. The van der Waals surface area contributed by atoms with Crippen LogP contribution in [0.1, 0.15) is 23.0 Å². The van der Waals surface area contributed by atoms with E-state index in [1.807, 2.05) is 0 Å². The maximum Gasteiger partial charge on any atom is 0.355 e. The number of carbonyl (C=O) groups excluding carboxylic acids is 2. The van der Waals surface area contributed by atoms with Gasteiger partial charge in [0.2, 0.25) is 0 Å². The summed E-state index contributed by atoms with van der Waals surface area (Å²) in [6, 6.07) is 10.8. The van der Waals surface area contributed by atoms with Gasteiger partial charge < -0.3 is 15.0 Å². The van der Waals surface area contributed by atoms with E-state index >= 15 is 0 Å². The van der Waals surface area contributed by atoms with Gasteiger partial charge in [-0.2, -0.15) is 5.10 Å². The number of nitrogens with one attached hydrogen (secondary N) is 3. The van der Waals surface area contributed by atoms with E-state index < -0.39 is 16.8 Å². The van der Waals surface area contributed by atoms with E-state index in [4.69, 9.17) is 16.3 Å². The third-order valence-corrected chi connectivity index (χ3v) is 4.41. The van der Waals surface area contributed by atoms with E-state index in [2.05, 4.69) is 20.8 Å². The van der Waals surface area contributed by atoms with Crippen molar-refractivity contribution < 1.29 is 19.2 Å². The van der Waals surface area contributed by atoms with Gasteiger partial charge in [0.15, 0.2) is 0 Å². The molecule has 1 heterocycles. The molecule has 0 saturated carbocycles. The lowest BCUT2D eigenvalue weighted by Crippen LogP contribution is -2.26. The third-order valence-electron chi connectivity index (χ3n) is 4.17. The molecule has 0 atom stereocenters. The summed E-state index contributed by atoms with van der Waals surface area (Å²) in [5, 5.41) is 18.7. The van der Waals surface area contributed by atoms with E-state index in [1.54, 1.807) is 31.2 Å². The molecule has 3 rings (SSSR count). The highest BCUT2D eigenvalue weighted by Crippen LogP contribution is 2.25. The Balaban J connectivity index is 1.70. The van der Waals surface area contributed by atoms with Gasteiger partial charge >= 0.3 is 5.97 Å². The summed E-state index contributed by atoms with van der Waals surface area (Å²) < 4.78 is 5.06. The molecule has 0 bridgehead atoms. The molecular weight excluding hydrogens is 426 g/mol. The van der Waals surface area contributed by atoms with E-state index in [1.165, 1.54) is 24.4 Å². The van der Waals surface area contributed by atoms with Crippen LogP contribution < -0.4 is 10.7 Å². The molecule has 0 radical (unpaired) electrons. The average Bonchev–Trinajstić information content (AvgIpc) is 3.10. The van der Waals surface area contributed by atoms with Crippen LogP contribution in [-0.2, 0) is 9.53 Å². The molecule has 0 fully saturated rings. The molecule has 10 nitrogen and oxygen atoms in total. The standard InChI is InChI=1S/C20H18ClN5O5/c1-2-31-20(28)19-16(15-7-6-12(21)8-17(15)24-19)10-23-25-18(27)11-22-13-4-3-5-14(9-13)26(29)30/h3-10,22,24H,2,11H2,1H3,(H,25,27)/b23-10+. The molecule has 0 unspecified atom stereocenters. The fourth-order valence-electron chi connectivity index (χ4n) is 2.81. The Hall–Kier alpha value is -3.92. The number of hydrogen-bond acceptors (Lipinski definition) is 7. The second-order valence-electron chi connectivity index (χ2n) is 6.28. The zero-order chi connectivity index (χ0) is 22.4. The fraction of sp³-hybridized carbons (Fsp3) is 0.150. The number of nitro groups is 1. The van der Waals surface area contributed by atoms with Crippen molar-refractivity contribution in [1.29, 1.82) is 0 Å². The van der Waals surface area contributed by atoms with Crippen LogP contribution in [-0.4, -0.2) is 41.2 Å². The summed E-state index contributed by atoms with van der Waals surface area (Å²) in [6.07, 6.45) is 1.34. The van der Waals surface area contributed by atoms with E-state index in [9.17, 15) is 19.7 Å². The number of hydrogen-bond donors (Lipinski definition) is 3. The second kappa shape index (κ2) is 9.72. The molecule has 2 aromatic carbocycles. The average molecular weight is 444 g/mol. The van der Waals surface area contributed by atoms with E-state index in [-0.39, 0.29) is 24.5 Å². The Bertz CT molecular complexity index is 1170. The number of amides is 1. The maximum atomic E-state index is 12.3. The zero-order valence-electron chi connectivity index (χ0n) is 16.3. The number of rotatable bonds is 8. The Labute approximate surface area is 181 Å². The molecule has 1 amide bonds. The first-order valence-electron chi connectivity index (χ1n) is 9.17. The molecule has 3 N–H and O–H groups in total. The van der Waals surface area contributed by atoms with E-state index in [0.29, 0.717) is 27.2 Å². The number of ether oxygens (including phenoxy) is 1. The van der Waals surface area contributed by atoms with Crippen molar-refractivity contribution in [1.82, 2.24) is 10.4 Å². The van der Waals surface area contributed by atoms with Gasteiger partial charge in [-0.05, 0) is 25.1 Å². The van der Waals surface area contributed by atoms with Gasteiger partial charge in [0, 0.05) is 39.3 Å². The molecule has 0 aliphatic heterocycles. The molecular formula is C20H18ClN5O5. The highest BCUT2D eigenvalue weighted by atomic mass is 35.5. The molecule has 11 heteroatoms. The van der Waals surface area contributed by atoms with Crippen molar-refractivity contribution in [3.05, 3.63) is 68.9 Å². The van der Waals surface area contributed by atoms with Crippen molar-refractivity contribution >= 4 is 52.0 Å². The quantitative estimate of drug-likeness (QED) is 0.211. The third kappa shape index (κ3) is 5.37. The SMILES string of the molecule is CCOC(=O)c1[nH]c2cc(Cl)ccc2c1/C=N/NC(=O)CNc1cccc([N+](=O)[O-])c1. The van der Waals surface area contributed by atoms with Crippen LogP contribution >= 0.6 is 11.6 Å². The summed E-state index contributed by atoms with van der Waals surface area (Å²) in [5.74, 6) is -1.04. The highest BCUT2D eigenvalue weighted by molar-refractivity contribution is 6.31. The number of aromatic amines is 1. The minimum atomic E-state index is -0.560. The van der Waals surface area contributed by atoms with Crippen molar-refractivity contribution in [3.8, 4) is 0 Å². The molecule has 0 saturated heterocycles. The topological polar surface area (TPSA) is 139 Å². The largest absolute Gasteiger partial charge is 0.461 e. The number of hydrazone groups is 1. The lowest BCUT2D eigenvalue weighted by atomic mass is 10.1. The van der Waals surface area contributed by atoms with Crippen molar-refractivity contribution in [2.24, 2.45) is 5.10 Å². The number of esters is 1. The predicted molar refractivity (Wildman–Crippen MR) is 117 cm³/mol. The second-order valence-corrected chi connectivity index (χ2v) is 6.71. The van der Waals surface area contributed by atoms with Crippen LogP contribution in [0.4, 0.5) is 11.4 Å². The maximum absolute atomic E-state index is 12.3. The number of benzene rings is 2. The van der Waals surface area contributed by atoms with Crippen LogP contribution in [0.25, 0.3) is 10.9 Å². The first kappa shape index (κ1) is 21.8. The monoisotopic (exact) mass is 443 g/mol. The molecule has 0 spiro atoms. The molecule has 0 aliphatic carbocycles. The van der Waals surface area contributed by atoms with Crippen LogP contribution in [0.2, 0.25) is 5.02 Å². The fourth-order valence-corrected chi connectivity index (χ4v) is 2.98. The van der Waals surface area contributed by atoms with Gasteiger partial charge in [0.1, 0.15) is 5.69 Å². The number of nitro benzene ring substituents is 1. The summed E-state index contributed by atoms with van der Waals surface area (Å²) >= 11 is 6.01. The number of halogens is 1. The summed E-state index contributed by atoms with van der Waals surface area (Å²) in [7, 11) is 0. The number of aromatic nitrogens is 1. The van der Waals surface area contributed by atoms with Crippen molar-refractivity contribution in [3.63, 3.8) is 0 Å². The minimum Gasteiger partial charge on any atom is -0.461 e. The van der Waals surface area contributed by atoms with Gasteiger partial charge in [0.05, 0.1) is 24.3 Å². The Morgan fingerprint density at radius 2 is 2.10 bits per heavy atom. The van der Waals surface area contributed by atoms with Crippen molar-refractivity contribution in [2.45, 2.75) is 6.92 Å². The zero-order valence-corrected chi connectivity index (χ0v) is 17.1. The van der Waals surface area contributed by atoms with Crippen LogP contribution in [0.5, 0.6) is 0 Å². The summed E-state index contributed by atoms with van der Waals surface area (Å²) in [6.45, 7) is 1.73.